The predicted molar refractivity (Wildman–Crippen MR) is 51.9 cm³/mol. The highest BCUT2D eigenvalue weighted by atomic mass is 16.6. The lowest BCUT2D eigenvalue weighted by Crippen LogP contribution is -2.27. The quantitative estimate of drug-likeness (QED) is 0.503. The Bertz CT molecular complexity index is 179. The van der Waals surface area contributed by atoms with E-state index in [0.29, 0.717) is 32.5 Å². The van der Waals surface area contributed by atoms with Gasteiger partial charge in [-0.25, -0.2) is 0 Å². The normalized spacial score (nSPS) is 30.2. The molecule has 5 heteroatoms. The molecule has 0 aromatic carbocycles. The lowest BCUT2D eigenvalue weighted by molar-refractivity contribution is -0.0564. The lowest BCUT2D eigenvalue weighted by atomic mass is 10.4. The molecule has 0 radical (unpaired) electrons. The zero-order valence-corrected chi connectivity index (χ0v) is 9.02. The Kier molecular flexibility index (Phi) is 4.34. The van der Waals surface area contributed by atoms with Crippen molar-refractivity contribution < 1.29 is 23.7 Å². The van der Waals surface area contributed by atoms with E-state index in [0.717, 1.165) is 13.2 Å². The Morgan fingerprint density at radius 1 is 1.13 bits per heavy atom. The lowest BCUT2D eigenvalue weighted by Gasteiger charge is -2.16. The summed E-state index contributed by atoms with van der Waals surface area (Å²) in [5.41, 5.74) is 0. The molecule has 5 nitrogen and oxygen atoms in total. The summed E-state index contributed by atoms with van der Waals surface area (Å²) in [5, 5.41) is 0. The monoisotopic (exact) mass is 218 g/mol. The number of rotatable bonds is 9. The molecule has 0 aromatic rings. The van der Waals surface area contributed by atoms with Crippen LogP contribution in [-0.2, 0) is 23.7 Å². The van der Waals surface area contributed by atoms with E-state index in [1.165, 1.54) is 0 Å². The summed E-state index contributed by atoms with van der Waals surface area (Å²) in [6.07, 6.45) is 0.592. The second kappa shape index (κ2) is 5.77. The Labute approximate surface area is 89.6 Å². The van der Waals surface area contributed by atoms with Gasteiger partial charge in [0.25, 0.3) is 0 Å². The third-order valence-electron chi connectivity index (χ3n) is 2.28. The van der Waals surface area contributed by atoms with Gasteiger partial charge in [-0.1, -0.05) is 0 Å². The first kappa shape index (κ1) is 11.3. The van der Waals surface area contributed by atoms with E-state index in [4.69, 9.17) is 23.7 Å². The molecule has 3 unspecified atom stereocenters. The number of hydrogen-bond acceptors (Lipinski definition) is 5. The highest BCUT2D eigenvalue weighted by molar-refractivity contribution is 4.70. The zero-order chi connectivity index (χ0) is 10.5. The average Bonchev–Trinajstić information content (AvgIpc) is 3.08. The molecule has 0 aliphatic carbocycles. The zero-order valence-electron chi connectivity index (χ0n) is 9.02. The van der Waals surface area contributed by atoms with Crippen LogP contribution in [0.15, 0.2) is 0 Å². The molecule has 88 valence electrons. The largest absolute Gasteiger partial charge is 0.382 e. The molecule has 3 atom stereocenters. The van der Waals surface area contributed by atoms with Gasteiger partial charge in [0.2, 0.25) is 0 Å². The summed E-state index contributed by atoms with van der Waals surface area (Å²) in [5.74, 6) is 0. The van der Waals surface area contributed by atoms with Crippen LogP contribution >= 0.6 is 0 Å². The number of hydrogen-bond donors (Lipinski definition) is 0. The van der Waals surface area contributed by atoms with Crippen molar-refractivity contribution in [2.75, 3.05) is 46.8 Å². The van der Waals surface area contributed by atoms with E-state index in [2.05, 4.69) is 0 Å². The number of epoxide rings is 2. The maximum Gasteiger partial charge on any atom is 0.104 e. The molecule has 2 rings (SSSR count). The van der Waals surface area contributed by atoms with Gasteiger partial charge < -0.3 is 23.7 Å². The first-order valence-electron chi connectivity index (χ1n) is 5.30. The molecular weight excluding hydrogens is 200 g/mol. The Hall–Kier alpha value is -0.200. The minimum Gasteiger partial charge on any atom is -0.382 e. The third kappa shape index (κ3) is 4.90. The van der Waals surface area contributed by atoms with Crippen molar-refractivity contribution in [3.8, 4) is 0 Å². The predicted octanol–water partition coefficient (Wildman–Crippen LogP) is -0.168. The van der Waals surface area contributed by atoms with Crippen molar-refractivity contribution in [2.24, 2.45) is 0 Å². The summed E-state index contributed by atoms with van der Waals surface area (Å²) in [7, 11) is 1.66. The van der Waals surface area contributed by atoms with Crippen LogP contribution in [0.1, 0.15) is 0 Å². The molecular formula is C10H18O5. The SMILES string of the molecule is COCC(COCC1CO1)OCC1CO1. The van der Waals surface area contributed by atoms with Crippen molar-refractivity contribution in [3.05, 3.63) is 0 Å². The number of methoxy groups -OCH3 is 1. The Morgan fingerprint density at radius 2 is 1.80 bits per heavy atom. The second-order valence-corrected chi connectivity index (χ2v) is 3.86. The van der Waals surface area contributed by atoms with Gasteiger partial charge in [-0.2, -0.15) is 0 Å². The van der Waals surface area contributed by atoms with E-state index < -0.39 is 0 Å². The average molecular weight is 218 g/mol. The maximum atomic E-state index is 5.59. The van der Waals surface area contributed by atoms with Gasteiger partial charge in [0.15, 0.2) is 0 Å². The molecule has 0 aromatic heterocycles. The third-order valence-corrected chi connectivity index (χ3v) is 2.28. The molecule has 0 saturated carbocycles. The fourth-order valence-electron chi connectivity index (χ4n) is 1.23. The highest BCUT2D eigenvalue weighted by Gasteiger charge is 2.25. The standard InChI is InChI=1S/C10H18O5/c1-11-2-8(13-6-10-7-15-10)3-12-4-9-5-14-9/h8-10H,2-7H2,1H3. The molecule has 0 N–H and O–H groups in total. The molecule has 2 aliphatic heterocycles. The van der Waals surface area contributed by atoms with E-state index in [1.807, 2.05) is 0 Å². The highest BCUT2D eigenvalue weighted by Crippen LogP contribution is 2.11. The summed E-state index contributed by atoms with van der Waals surface area (Å²) in [6.45, 7) is 4.04. The van der Waals surface area contributed by atoms with Crippen molar-refractivity contribution in [1.82, 2.24) is 0 Å². The second-order valence-electron chi connectivity index (χ2n) is 3.86. The van der Waals surface area contributed by atoms with Gasteiger partial charge in [0, 0.05) is 7.11 Å². The van der Waals surface area contributed by atoms with Gasteiger partial charge in [-0.15, -0.1) is 0 Å². The van der Waals surface area contributed by atoms with Crippen molar-refractivity contribution in [3.63, 3.8) is 0 Å². The van der Waals surface area contributed by atoms with Gasteiger partial charge in [0.1, 0.15) is 18.3 Å². The van der Waals surface area contributed by atoms with Crippen LogP contribution in [0.4, 0.5) is 0 Å². The number of ether oxygens (including phenoxy) is 5. The Balaban J connectivity index is 1.53. The van der Waals surface area contributed by atoms with Crippen LogP contribution in [0, 0.1) is 0 Å². The molecule has 0 amide bonds. The van der Waals surface area contributed by atoms with Gasteiger partial charge in [-0.3, -0.25) is 0 Å². The molecule has 2 fully saturated rings. The van der Waals surface area contributed by atoms with Crippen molar-refractivity contribution in [1.29, 1.82) is 0 Å². The minimum atomic E-state index is -0.00190. The molecule has 2 heterocycles. The van der Waals surface area contributed by atoms with Crippen LogP contribution in [0.2, 0.25) is 0 Å². The molecule has 0 bridgehead atoms. The van der Waals surface area contributed by atoms with Gasteiger partial charge in [-0.05, 0) is 0 Å². The fraction of sp³-hybridized carbons (Fsp3) is 1.00. The van der Waals surface area contributed by atoms with Gasteiger partial charge >= 0.3 is 0 Å². The first-order chi connectivity index (χ1) is 7.38. The molecule has 0 spiro atoms. The van der Waals surface area contributed by atoms with Crippen LogP contribution in [-0.4, -0.2) is 65.1 Å². The summed E-state index contributed by atoms with van der Waals surface area (Å²) in [6, 6.07) is 0. The van der Waals surface area contributed by atoms with Crippen LogP contribution in [0.25, 0.3) is 0 Å². The van der Waals surface area contributed by atoms with Crippen molar-refractivity contribution >= 4 is 0 Å². The summed E-state index contributed by atoms with van der Waals surface area (Å²) >= 11 is 0. The molecule has 15 heavy (non-hydrogen) atoms. The van der Waals surface area contributed by atoms with Crippen LogP contribution < -0.4 is 0 Å². The maximum absolute atomic E-state index is 5.59. The first-order valence-corrected chi connectivity index (χ1v) is 5.30. The van der Waals surface area contributed by atoms with Crippen LogP contribution in [0.3, 0.4) is 0 Å². The topological polar surface area (TPSA) is 52.8 Å². The van der Waals surface area contributed by atoms with E-state index >= 15 is 0 Å². The summed E-state index contributed by atoms with van der Waals surface area (Å²) < 4.78 is 26.2. The van der Waals surface area contributed by atoms with Crippen LogP contribution in [0.5, 0.6) is 0 Å². The smallest absolute Gasteiger partial charge is 0.104 e. The molecule has 2 aliphatic rings. The van der Waals surface area contributed by atoms with Crippen molar-refractivity contribution in [2.45, 2.75) is 18.3 Å². The van der Waals surface area contributed by atoms with E-state index in [1.54, 1.807) is 7.11 Å². The fourth-order valence-corrected chi connectivity index (χ4v) is 1.23. The van der Waals surface area contributed by atoms with E-state index in [-0.39, 0.29) is 12.2 Å². The van der Waals surface area contributed by atoms with E-state index in [9.17, 15) is 0 Å². The summed E-state index contributed by atoms with van der Waals surface area (Å²) in [4.78, 5) is 0. The van der Waals surface area contributed by atoms with Gasteiger partial charge in [0.05, 0.1) is 39.6 Å². The minimum absolute atomic E-state index is 0.00190. The molecule has 2 saturated heterocycles. The Morgan fingerprint density at radius 3 is 2.40 bits per heavy atom.